The van der Waals surface area contributed by atoms with Crippen LogP contribution < -0.4 is 7.22 Å². The molecule has 0 unspecified atom stereocenters. The molecule has 0 saturated heterocycles. The maximum absolute atomic E-state index is 2.35. The predicted molar refractivity (Wildman–Crippen MR) is 92.9 cm³/mol. The molecule has 100 valence electrons. The third-order valence-electron chi connectivity index (χ3n) is 3.68. The van der Waals surface area contributed by atoms with Crippen LogP contribution >= 0.6 is 0 Å². The zero-order valence-electron chi connectivity index (χ0n) is 11.5. The molecule has 0 nitrogen and oxygen atoms in total. The zero-order valence-corrected chi connectivity index (χ0v) is 13.8. The van der Waals surface area contributed by atoms with Crippen molar-refractivity contribution < 1.29 is 0 Å². The first-order valence-electron chi connectivity index (χ1n) is 7.04. The van der Waals surface area contributed by atoms with E-state index in [1.807, 2.05) is 0 Å². The number of hydrogen-bond donors (Lipinski definition) is 0. The van der Waals surface area contributed by atoms with Gasteiger partial charge in [-0.15, -0.1) is 0 Å². The third-order valence-corrected chi connectivity index (χ3v) is 6.47. The summed E-state index contributed by atoms with van der Waals surface area (Å²) in [6.45, 7) is 0. The van der Waals surface area contributed by atoms with Crippen molar-refractivity contribution in [2.24, 2.45) is 0 Å². The van der Waals surface area contributed by atoms with Crippen LogP contribution in [0.3, 0.4) is 0 Å². The molecule has 0 amide bonds. The second-order valence-corrected chi connectivity index (χ2v) is 8.39. The van der Waals surface area contributed by atoms with E-state index in [-0.39, 0.29) is 20.9 Å². The molecule has 0 atom stereocenters. The molecule has 4 aromatic carbocycles. The van der Waals surface area contributed by atoms with Crippen LogP contribution in [-0.4, -0.2) is 20.9 Å². The van der Waals surface area contributed by atoms with Crippen molar-refractivity contribution in [3.8, 4) is 0 Å². The van der Waals surface area contributed by atoms with Gasteiger partial charge < -0.3 is 0 Å². The van der Waals surface area contributed by atoms with E-state index in [0.29, 0.717) is 0 Å². The monoisotopic (exact) mass is 384 g/mol. The zero-order chi connectivity index (χ0) is 14.1. The number of rotatable bonds is 2. The Hall–Kier alpha value is -1.81. The molecule has 0 aliphatic heterocycles. The van der Waals surface area contributed by atoms with Crippen LogP contribution in [0.2, 0.25) is 0 Å². The fourth-order valence-electron chi connectivity index (χ4n) is 2.60. The Morgan fingerprint density at radius 3 is 1.33 bits per heavy atom. The van der Waals surface area contributed by atoms with Gasteiger partial charge in [-0.05, 0) is 0 Å². The topological polar surface area (TPSA) is 0 Å². The van der Waals surface area contributed by atoms with E-state index in [9.17, 15) is 0 Å². The molecule has 4 aromatic rings. The van der Waals surface area contributed by atoms with Gasteiger partial charge in [0.25, 0.3) is 0 Å². The Labute approximate surface area is 134 Å². The summed E-state index contributed by atoms with van der Waals surface area (Å²) in [6.07, 6.45) is 0. The fourth-order valence-corrected chi connectivity index (χ4v) is 5.21. The van der Waals surface area contributed by atoms with E-state index in [1.54, 1.807) is 0 Å². The van der Waals surface area contributed by atoms with E-state index in [1.165, 1.54) is 28.8 Å². The molecule has 0 heterocycles. The molecule has 0 N–H and O–H groups in total. The molecular formula is C20H14Te. The Balaban J connectivity index is 1.71. The van der Waals surface area contributed by atoms with Gasteiger partial charge in [0.1, 0.15) is 0 Å². The number of hydrogen-bond acceptors (Lipinski definition) is 0. The second kappa shape index (κ2) is 5.53. The molecular weight excluding hydrogens is 368 g/mol. The minimum atomic E-state index is -0.321. The second-order valence-electron chi connectivity index (χ2n) is 5.12. The van der Waals surface area contributed by atoms with E-state index < -0.39 is 0 Å². The van der Waals surface area contributed by atoms with Crippen molar-refractivity contribution in [1.29, 1.82) is 0 Å². The summed E-state index contributed by atoms with van der Waals surface area (Å²) in [5, 5.41) is 5.35. The maximum atomic E-state index is 2.35. The van der Waals surface area contributed by atoms with Crippen LogP contribution in [0.1, 0.15) is 0 Å². The van der Waals surface area contributed by atoms with Crippen molar-refractivity contribution in [2.45, 2.75) is 0 Å². The van der Waals surface area contributed by atoms with Gasteiger partial charge in [0.2, 0.25) is 0 Å². The van der Waals surface area contributed by atoms with Crippen molar-refractivity contribution in [3.05, 3.63) is 84.9 Å². The Bertz CT molecular complexity index is 847. The summed E-state index contributed by atoms with van der Waals surface area (Å²) < 4.78 is 2.99. The van der Waals surface area contributed by atoms with Gasteiger partial charge in [-0.25, -0.2) is 0 Å². The third kappa shape index (κ3) is 2.68. The van der Waals surface area contributed by atoms with Crippen LogP contribution in [0.5, 0.6) is 0 Å². The van der Waals surface area contributed by atoms with E-state index in [2.05, 4.69) is 84.9 Å². The predicted octanol–water partition coefficient (Wildman–Crippen LogP) is 3.65. The standard InChI is InChI=1S/C20H14Te/c1-3-7-17-13-19(11-9-15(17)5-1)21-20-12-10-16-6-2-4-8-18(16)14-20/h1-14H. The van der Waals surface area contributed by atoms with E-state index in [0.717, 1.165) is 0 Å². The molecule has 0 aromatic heterocycles. The molecule has 1 heteroatoms. The van der Waals surface area contributed by atoms with Gasteiger partial charge in [-0.1, -0.05) is 0 Å². The molecule has 0 bridgehead atoms. The van der Waals surface area contributed by atoms with Gasteiger partial charge in [-0.3, -0.25) is 0 Å². The molecule has 0 fully saturated rings. The summed E-state index contributed by atoms with van der Waals surface area (Å²) >= 11 is -0.321. The number of benzene rings is 4. The van der Waals surface area contributed by atoms with Crippen molar-refractivity contribution in [3.63, 3.8) is 0 Å². The summed E-state index contributed by atoms with van der Waals surface area (Å²) in [5.74, 6) is 0. The van der Waals surface area contributed by atoms with E-state index in [4.69, 9.17) is 0 Å². The SMILES string of the molecule is c1ccc2cc([Te]c3ccc4ccccc4c3)ccc2c1. The summed E-state index contributed by atoms with van der Waals surface area (Å²) in [4.78, 5) is 0. The quantitative estimate of drug-likeness (QED) is 0.465. The molecule has 0 aliphatic carbocycles. The summed E-state index contributed by atoms with van der Waals surface area (Å²) in [6, 6.07) is 31.0. The molecule has 0 spiro atoms. The Kier molecular flexibility index (Phi) is 3.39. The molecule has 21 heavy (non-hydrogen) atoms. The minimum absolute atomic E-state index is 0.321. The Morgan fingerprint density at radius 1 is 0.429 bits per heavy atom. The van der Waals surface area contributed by atoms with Crippen molar-refractivity contribution >= 4 is 49.7 Å². The van der Waals surface area contributed by atoms with Crippen molar-refractivity contribution in [1.82, 2.24) is 0 Å². The van der Waals surface area contributed by atoms with Gasteiger partial charge in [0.05, 0.1) is 0 Å². The Morgan fingerprint density at radius 2 is 0.857 bits per heavy atom. The average Bonchev–Trinajstić information content (AvgIpc) is 2.55. The van der Waals surface area contributed by atoms with Gasteiger partial charge in [0, 0.05) is 0 Å². The first kappa shape index (κ1) is 12.9. The first-order chi connectivity index (χ1) is 10.4. The van der Waals surface area contributed by atoms with Crippen LogP contribution in [0, 0.1) is 0 Å². The van der Waals surface area contributed by atoms with Crippen LogP contribution in [0.25, 0.3) is 21.5 Å². The van der Waals surface area contributed by atoms with Crippen molar-refractivity contribution in [2.75, 3.05) is 0 Å². The van der Waals surface area contributed by atoms with E-state index >= 15 is 0 Å². The summed E-state index contributed by atoms with van der Waals surface area (Å²) in [5.41, 5.74) is 0. The molecule has 4 rings (SSSR count). The molecule has 0 aliphatic rings. The van der Waals surface area contributed by atoms with Gasteiger partial charge in [0.15, 0.2) is 0 Å². The van der Waals surface area contributed by atoms with Crippen LogP contribution in [0.15, 0.2) is 84.9 Å². The fraction of sp³-hybridized carbons (Fsp3) is 0. The van der Waals surface area contributed by atoms with Crippen LogP contribution in [-0.2, 0) is 0 Å². The number of fused-ring (bicyclic) bond motifs is 2. The van der Waals surface area contributed by atoms with Gasteiger partial charge >= 0.3 is 135 Å². The normalized spacial score (nSPS) is 11.0. The molecule has 0 saturated carbocycles. The van der Waals surface area contributed by atoms with Gasteiger partial charge in [-0.2, -0.15) is 0 Å². The first-order valence-corrected chi connectivity index (χ1v) is 9.37. The average molecular weight is 382 g/mol. The van der Waals surface area contributed by atoms with Crippen LogP contribution in [0.4, 0.5) is 0 Å². The molecule has 0 radical (unpaired) electrons. The summed E-state index contributed by atoms with van der Waals surface area (Å²) in [7, 11) is 0.